The van der Waals surface area contributed by atoms with Crippen LogP contribution in [0.2, 0.25) is 0 Å². The first-order chi connectivity index (χ1) is 14.8. The third-order valence-electron chi connectivity index (χ3n) is 5.58. The summed E-state index contributed by atoms with van der Waals surface area (Å²) in [4.78, 5) is 2.46. The Bertz CT molecular complexity index is 945. The van der Waals surface area contributed by atoms with Gasteiger partial charge in [0.2, 0.25) is 0 Å². The van der Waals surface area contributed by atoms with Gasteiger partial charge in [-0.05, 0) is 49.2 Å². The molecule has 1 saturated heterocycles. The lowest BCUT2D eigenvalue weighted by Crippen LogP contribution is -2.33. The van der Waals surface area contributed by atoms with E-state index in [-0.39, 0.29) is 5.83 Å². The van der Waals surface area contributed by atoms with Crippen molar-refractivity contribution in [3.63, 3.8) is 0 Å². The molecule has 1 aliphatic rings. The zero-order valence-electron chi connectivity index (χ0n) is 17.3. The Morgan fingerprint density at radius 1 is 0.700 bits per heavy atom. The number of halogens is 1. The topological polar surface area (TPSA) is 12.5 Å². The molecule has 0 saturated carbocycles. The molecule has 1 aliphatic heterocycles. The molecule has 3 heteroatoms. The van der Waals surface area contributed by atoms with Crippen molar-refractivity contribution in [2.75, 3.05) is 26.2 Å². The Morgan fingerprint density at radius 2 is 1.27 bits per heavy atom. The molecule has 3 aromatic carbocycles. The van der Waals surface area contributed by atoms with Gasteiger partial charge >= 0.3 is 0 Å². The molecule has 2 nitrogen and oxygen atoms in total. The van der Waals surface area contributed by atoms with Crippen LogP contribution in [-0.4, -0.2) is 31.1 Å². The standard InChI is InChI=1S/C27H28FNO/c28-27(24-12-6-2-7-13-24)26(22-10-4-1-5-11-22)23-14-16-25(17-15-23)30-21-20-29-18-8-3-9-19-29/h1-2,4-7,10-17H,3,8-9,18-21H2/b27-26+. The van der Waals surface area contributed by atoms with Crippen LogP contribution in [0.1, 0.15) is 36.0 Å². The Morgan fingerprint density at radius 3 is 1.90 bits per heavy atom. The van der Waals surface area contributed by atoms with Crippen LogP contribution >= 0.6 is 0 Å². The summed E-state index contributed by atoms with van der Waals surface area (Å²) in [5.74, 6) is 0.601. The summed E-state index contributed by atoms with van der Waals surface area (Å²) < 4.78 is 21.5. The monoisotopic (exact) mass is 401 g/mol. The molecule has 0 N–H and O–H groups in total. The summed E-state index contributed by atoms with van der Waals surface area (Å²) in [6.07, 6.45) is 3.92. The predicted octanol–water partition coefficient (Wildman–Crippen LogP) is 6.44. The molecule has 0 amide bonds. The van der Waals surface area contributed by atoms with E-state index in [0.29, 0.717) is 17.7 Å². The molecule has 1 fully saturated rings. The van der Waals surface area contributed by atoms with Crippen molar-refractivity contribution in [2.45, 2.75) is 19.3 Å². The van der Waals surface area contributed by atoms with Gasteiger partial charge in [-0.15, -0.1) is 0 Å². The van der Waals surface area contributed by atoms with Crippen LogP contribution in [-0.2, 0) is 0 Å². The average molecular weight is 402 g/mol. The van der Waals surface area contributed by atoms with Crippen LogP contribution in [0.4, 0.5) is 4.39 Å². The van der Waals surface area contributed by atoms with Crippen molar-refractivity contribution < 1.29 is 9.13 Å². The van der Waals surface area contributed by atoms with Crippen molar-refractivity contribution in [3.05, 3.63) is 102 Å². The van der Waals surface area contributed by atoms with Gasteiger partial charge in [0.15, 0.2) is 0 Å². The maximum absolute atomic E-state index is 15.5. The van der Waals surface area contributed by atoms with Gasteiger partial charge in [-0.25, -0.2) is 4.39 Å². The fraction of sp³-hybridized carbons (Fsp3) is 0.259. The van der Waals surface area contributed by atoms with E-state index < -0.39 is 0 Å². The fourth-order valence-electron chi connectivity index (χ4n) is 3.95. The lowest BCUT2D eigenvalue weighted by molar-refractivity contribution is 0.183. The van der Waals surface area contributed by atoms with Crippen molar-refractivity contribution >= 4 is 11.4 Å². The number of ether oxygens (including phenoxy) is 1. The van der Waals surface area contributed by atoms with Gasteiger partial charge in [-0.1, -0.05) is 79.2 Å². The van der Waals surface area contributed by atoms with E-state index in [2.05, 4.69) is 4.90 Å². The van der Waals surface area contributed by atoms with Crippen LogP contribution in [0.25, 0.3) is 11.4 Å². The van der Waals surface area contributed by atoms with Crippen molar-refractivity contribution in [2.24, 2.45) is 0 Å². The van der Waals surface area contributed by atoms with E-state index in [0.717, 1.165) is 23.4 Å². The summed E-state index contributed by atoms with van der Waals surface area (Å²) >= 11 is 0. The lowest BCUT2D eigenvalue weighted by atomic mass is 9.95. The van der Waals surface area contributed by atoms with E-state index in [1.54, 1.807) is 12.1 Å². The van der Waals surface area contributed by atoms with Gasteiger partial charge in [-0.2, -0.15) is 0 Å². The second kappa shape index (κ2) is 10.2. The van der Waals surface area contributed by atoms with E-state index >= 15 is 4.39 Å². The van der Waals surface area contributed by atoms with Crippen molar-refractivity contribution in [3.8, 4) is 5.75 Å². The first-order valence-corrected chi connectivity index (χ1v) is 10.8. The zero-order chi connectivity index (χ0) is 20.6. The maximum atomic E-state index is 15.5. The first kappa shape index (κ1) is 20.4. The molecule has 30 heavy (non-hydrogen) atoms. The second-order valence-electron chi connectivity index (χ2n) is 7.70. The van der Waals surface area contributed by atoms with Gasteiger partial charge in [0.05, 0.1) is 0 Å². The SMILES string of the molecule is F/C(=C(\c1ccccc1)c1ccc(OCCN2CCCCC2)cc1)c1ccccc1. The maximum Gasteiger partial charge on any atom is 0.138 e. The highest BCUT2D eigenvalue weighted by Crippen LogP contribution is 2.33. The van der Waals surface area contributed by atoms with E-state index in [1.165, 1.54) is 32.4 Å². The summed E-state index contributed by atoms with van der Waals surface area (Å²) in [6, 6.07) is 26.7. The van der Waals surface area contributed by atoms with Crippen LogP contribution in [0.15, 0.2) is 84.9 Å². The molecule has 0 spiro atoms. The predicted molar refractivity (Wildman–Crippen MR) is 122 cm³/mol. The Balaban J connectivity index is 1.53. The van der Waals surface area contributed by atoms with Crippen LogP contribution in [0, 0.1) is 0 Å². The number of piperidine rings is 1. The highest BCUT2D eigenvalue weighted by molar-refractivity contribution is 5.95. The number of rotatable bonds is 7. The number of hydrogen-bond donors (Lipinski definition) is 0. The van der Waals surface area contributed by atoms with E-state index in [4.69, 9.17) is 4.74 Å². The molecule has 0 bridgehead atoms. The normalized spacial score (nSPS) is 15.5. The molecule has 0 unspecified atom stereocenters. The molecular weight excluding hydrogens is 373 g/mol. The van der Waals surface area contributed by atoms with Gasteiger partial charge < -0.3 is 4.74 Å². The number of nitrogens with zero attached hydrogens (tertiary/aromatic N) is 1. The van der Waals surface area contributed by atoms with Crippen LogP contribution in [0.3, 0.4) is 0 Å². The highest BCUT2D eigenvalue weighted by Gasteiger charge is 2.14. The Kier molecular flexibility index (Phi) is 6.94. The summed E-state index contributed by atoms with van der Waals surface area (Å²) in [5.41, 5.74) is 2.88. The fourth-order valence-corrected chi connectivity index (χ4v) is 3.95. The Labute approximate surface area is 178 Å². The molecule has 3 aromatic rings. The number of benzene rings is 3. The highest BCUT2D eigenvalue weighted by atomic mass is 19.1. The number of hydrogen-bond acceptors (Lipinski definition) is 2. The largest absolute Gasteiger partial charge is 0.492 e. The smallest absolute Gasteiger partial charge is 0.138 e. The minimum Gasteiger partial charge on any atom is -0.492 e. The Hall–Kier alpha value is -2.91. The number of likely N-dealkylation sites (tertiary alicyclic amines) is 1. The van der Waals surface area contributed by atoms with Gasteiger partial charge in [0.1, 0.15) is 18.2 Å². The zero-order valence-corrected chi connectivity index (χ0v) is 17.3. The third-order valence-corrected chi connectivity index (χ3v) is 5.58. The van der Waals surface area contributed by atoms with Gasteiger partial charge in [0, 0.05) is 17.7 Å². The van der Waals surface area contributed by atoms with Crippen molar-refractivity contribution in [1.29, 1.82) is 0 Å². The molecular formula is C27H28FNO. The summed E-state index contributed by atoms with van der Waals surface area (Å²) in [7, 11) is 0. The molecule has 0 aromatic heterocycles. The second-order valence-corrected chi connectivity index (χ2v) is 7.70. The van der Waals surface area contributed by atoms with Gasteiger partial charge in [-0.3, -0.25) is 4.90 Å². The quantitative estimate of drug-likeness (QED) is 0.423. The summed E-state index contributed by atoms with van der Waals surface area (Å²) in [5, 5.41) is 0. The molecule has 154 valence electrons. The van der Waals surface area contributed by atoms with Crippen molar-refractivity contribution in [1.82, 2.24) is 4.90 Å². The summed E-state index contributed by atoms with van der Waals surface area (Å²) in [6.45, 7) is 3.98. The molecule has 1 heterocycles. The molecule has 0 atom stereocenters. The third kappa shape index (κ3) is 5.17. The first-order valence-electron chi connectivity index (χ1n) is 10.8. The lowest BCUT2D eigenvalue weighted by Gasteiger charge is -2.26. The molecule has 4 rings (SSSR count). The minimum atomic E-state index is -0.222. The van der Waals surface area contributed by atoms with E-state index in [1.807, 2.05) is 72.8 Å². The van der Waals surface area contributed by atoms with Crippen LogP contribution in [0.5, 0.6) is 5.75 Å². The molecule has 0 aliphatic carbocycles. The van der Waals surface area contributed by atoms with E-state index in [9.17, 15) is 0 Å². The minimum absolute atomic E-state index is 0.222. The molecule has 0 radical (unpaired) electrons. The van der Waals surface area contributed by atoms with Gasteiger partial charge in [0.25, 0.3) is 0 Å². The average Bonchev–Trinajstić information content (AvgIpc) is 2.82. The van der Waals surface area contributed by atoms with Crippen LogP contribution < -0.4 is 4.74 Å².